The molecule has 0 aliphatic heterocycles. The summed E-state index contributed by atoms with van der Waals surface area (Å²) in [5, 5.41) is 1.03. The smallest absolute Gasteiger partial charge is 0.340 e. The van der Waals surface area contributed by atoms with Crippen LogP contribution in [0.5, 0.6) is 0 Å². The second-order valence-corrected chi connectivity index (χ2v) is 6.50. The van der Waals surface area contributed by atoms with Gasteiger partial charge < -0.3 is 4.74 Å². The third kappa shape index (κ3) is 2.86. The van der Waals surface area contributed by atoms with Gasteiger partial charge in [0.15, 0.2) is 0 Å². The number of ether oxygens (including phenoxy) is 1. The van der Waals surface area contributed by atoms with E-state index in [1.807, 2.05) is 18.2 Å². The minimum atomic E-state index is -0.485. The molecule has 0 saturated heterocycles. The Morgan fingerprint density at radius 2 is 1.87 bits per heavy atom. The molecular weight excluding hydrogens is 429 g/mol. The van der Waals surface area contributed by atoms with Crippen LogP contribution < -0.4 is 0 Å². The molecule has 0 unspecified atom stereocenters. The summed E-state index contributed by atoms with van der Waals surface area (Å²) in [6.45, 7) is 0. The second-order valence-electron chi connectivity index (χ2n) is 4.85. The molecule has 4 nitrogen and oxygen atoms in total. The highest BCUT2D eigenvalue weighted by atomic mass is 127. The molecule has 0 amide bonds. The van der Waals surface area contributed by atoms with Crippen molar-refractivity contribution in [2.24, 2.45) is 0 Å². The number of carbonyl (C=O) groups is 2. The highest BCUT2D eigenvalue weighted by molar-refractivity contribution is 14.1. The molecule has 0 spiro atoms. The number of nitrogens with zero attached hydrogens (tertiary/aromatic N) is 1. The maximum Gasteiger partial charge on any atom is 0.340 e. The van der Waals surface area contributed by atoms with E-state index in [9.17, 15) is 9.59 Å². The standard InChI is InChI=1S/C17H11ClINO3/c1-23-17(22)13-9-20(15-5-3-2-4-11(13)15)16(21)12-8-10(19)6-7-14(12)18/h2-9H,1H3. The number of fused-ring (bicyclic) bond motifs is 1. The summed E-state index contributed by atoms with van der Waals surface area (Å²) in [6, 6.07) is 12.4. The van der Waals surface area contributed by atoms with Crippen molar-refractivity contribution in [2.75, 3.05) is 7.11 Å². The van der Waals surface area contributed by atoms with E-state index in [-0.39, 0.29) is 5.91 Å². The molecule has 0 saturated carbocycles. The van der Waals surface area contributed by atoms with Gasteiger partial charge in [-0.15, -0.1) is 0 Å². The van der Waals surface area contributed by atoms with E-state index in [4.69, 9.17) is 16.3 Å². The molecule has 1 aromatic heterocycles. The Bertz CT molecular complexity index is 933. The van der Waals surface area contributed by atoms with E-state index >= 15 is 0 Å². The molecule has 0 fully saturated rings. The lowest BCUT2D eigenvalue weighted by molar-refractivity contribution is 0.0603. The predicted octanol–water partition coefficient (Wildman–Crippen LogP) is 4.37. The molecule has 23 heavy (non-hydrogen) atoms. The van der Waals surface area contributed by atoms with Crippen LogP contribution >= 0.6 is 34.2 Å². The predicted molar refractivity (Wildman–Crippen MR) is 97.2 cm³/mol. The Kier molecular flexibility index (Phi) is 4.41. The molecule has 0 aliphatic rings. The van der Waals surface area contributed by atoms with Crippen LogP contribution in [0, 0.1) is 3.57 Å². The average molecular weight is 440 g/mol. The monoisotopic (exact) mass is 439 g/mol. The minimum Gasteiger partial charge on any atom is -0.465 e. The van der Waals surface area contributed by atoms with E-state index in [1.165, 1.54) is 17.9 Å². The number of benzene rings is 2. The van der Waals surface area contributed by atoms with E-state index < -0.39 is 5.97 Å². The van der Waals surface area contributed by atoms with E-state index in [2.05, 4.69) is 22.6 Å². The van der Waals surface area contributed by atoms with Gasteiger partial charge in [-0.3, -0.25) is 9.36 Å². The second kappa shape index (κ2) is 6.33. The van der Waals surface area contributed by atoms with Crippen LogP contribution in [0.15, 0.2) is 48.7 Å². The molecule has 0 atom stereocenters. The summed E-state index contributed by atoms with van der Waals surface area (Å²) >= 11 is 8.28. The van der Waals surface area contributed by atoms with Crippen molar-refractivity contribution in [3.05, 3.63) is 68.4 Å². The summed E-state index contributed by atoms with van der Waals surface area (Å²) in [5.41, 5.74) is 1.36. The van der Waals surface area contributed by atoms with Gasteiger partial charge in [0, 0.05) is 15.2 Å². The van der Waals surface area contributed by atoms with E-state index in [0.717, 1.165) is 3.57 Å². The number of carbonyl (C=O) groups excluding carboxylic acids is 2. The number of esters is 1. The van der Waals surface area contributed by atoms with Crippen LogP contribution in [-0.2, 0) is 4.74 Å². The van der Waals surface area contributed by atoms with Crippen LogP contribution in [0.2, 0.25) is 5.02 Å². The Labute approximate surface area is 151 Å². The van der Waals surface area contributed by atoms with E-state index in [1.54, 1.807) is 24.3 Å². The number of rotatable bonds is 2. The van der Waals surface area contributed by atoms with Crippen molar-refractivity contribution >= 4 is 57.0 Å². The number of halogens is 2. The highest BCUT2D eigenvalue weighted by Gasteiger charge is 2.20. The normalized spacial score (nSPS) is 10.7. The summed E-state index contributed by atoms with van der Waals surface area (Å²) in [4.78, 5) is 24.8. The molecule has 6 heteroatoms. The molecule has 3 aromatic rings. The Hall–Kier alpha value is -1.86. The minimum absolute atomic E-state index is 0.292. The largest absolute Gasteiger partial charge is 0.465 e. The van der Waals surface area contributed by atoms with Gasteiger partial charge in [-0.1, -0.05) is 29.8 Å². The fraction of sp³-hybridized carbons (Fsp3) is 0.0588. The van der Waals surface area contributed by atoms with Crippen molar-refractivity contribution in [1.82, 2.24) is 4.57 Å². The molecule has 0 N–H and O–H groups in total. The van der Waals surface area contributed by atoms with Gasteiger partial charge in [0.05, 0.1) is 28.8 Å². The Morgan fingerprint density at radius 3 is 2.61 bits per heavy atom. The first-order chi connectivity index (χ1) is 11.0. The Balaban J connectivity index is 2.22. The molecule has 0 aliphatic carbocycles. The quantitative estimate of drug-likeness (QED) is 0.440. The zero-order valence-electron chi connectivity index (χ0n) is 12.0. The van der Waals surface area contributed by atoms with Gasteiger partial charge >= 0.3 is 5.97 Å². The summed E-state index contributed by atoms with van der Waals surface area (Å²) < 4.78 is 7.13. The van der Waals surface area contributed by atoms with Crippen molar-refractivity contribution in [1.29, 1.82) is 0 Å². The van der Waals surface area contributed by atoms with Crippen molar-refractivity contribution < 1.29 is 14.3 Å². The van der Waals surface area contributed by atoms with Gasteiger partial charge in [-0.05, 0) is 46.9 Å². The maximum atomic E-state index is 12.9. The van der Waals surface area contributed by atoms with E-state index in [0.29, 0.717) is 27.1 Å². The van der Waals surface area contributed by atoms with Crippen LogP contribution in [0.4, 0.5) is 0 Å². The Morgan fingerprint density at radius 1 is 1.13 bits per heavy atom. The lowest BCUT2D eigenvalue weighted by atomic mass is 10.2. The van der Waals surface area contributed by atoms with Crippen molar-refractivity contribution in [3.8, 4) is 0 Å². The summed E-state index contributed by atoms with van der Waals surface area (Å²) in [7, 11) is 1.31. The van der Waals surface area contributed by atoms with Crippen LogP contribution in [0.1, 0.15) is 20.7 Å². The maximum absolute atomic E-state index is 12.9. The first-order valence-electron chi connectivity index (χ1n) is 6.71. The van der Waals surface area contributed by atoms with Crippen LogP contribution in [0.25, 0.3) is 10.9 Å². The molecule has 2 aromatic carbocycles. The number of methoxy groups -OCH3 is 1. The van der Waals surface area contributed by atoms with Gasteiger partial charge in [-0.2, -0.15) is 0 Å². The highest BCUT2D eigenvalue weighted by Crippen LogP contribution is 2.26. The van der Waals surface area contributed by atoms with Gasteiger partial charge in [0.2, 0.25) is 0 Å². The summed E-state index contributed by atoms with van der Waals surface area (Å²) in [5.74, 6) is -0.777. The fourth-order valence-electron chi connectivity index (χ4n) is 2.41. The van der Waals surface area contributed by atoms with Crippen molar-refractivity contribution in [2.45, 2.75) is 0 Å². The number of hydrogen-bond donors (Lipinski definition) is 0. The zero-order valence-corrected chi connectivity index (χ0v) is 15.0. The molecule has 0 radical (unpaired) electrons. The third-order valence-corrected chi connectivity index (χ3v) is 4.50. The van der Waals surface area contributed by atoms with Crippen molar-refractivity contribution in [3.63, 3.8) is 0 Å². The molecule has 3 rings (SSSR count). The topological polar surface area (TPSA) is 48.3 Å². The average Bonchev–Trinajstić information content (AvgIpc) is 2.95. The number of hydrogen-bond acceptors (Lipinski definition) is 3. The van der Waals surface area contributed by atoms with Gasteiger partial charge in [0.1, 0.15) is 0 Å². The third-order valence-electron chi connectivity index (χ3n) is 3.49. The first kappa shape index (κ1) is 16.0. The van der Waals surface area contributed by atoms with Gasteiger partial charge in [0.25, 0.3) is 5.91 Å². The molecule has 0 bridgehead atoms. The SMILES string of the molecule is COC(=O)c1cn(C(=O)c2cc(I)ccc2Cl)c2ccccc12. The van der Waals surface area contributed by atoms with Crippen LogP contribution in [0.3, 0.4) is 0 Å². The summed E-state index contributed by atoms with van der Waals surface area (Å²) in [6.07, 6.45) is 1.50. The molecular formula is C17H11ClINO3. The van der Waals surface area contributed by atoms with Gasteiger partial charge in [-0.25, -0.2) is 4.79 Å². The fourth-order valence-corrected chi connectivity index (χ4v) is 3.10. The zero-order chi connectivity index (χ0) is 16.6. The lowest BCUT2D eigenvalue weighted by Gasteiger charge is -2.06. The molecule has 1 heterocycles. The first-order valence-corrected chi connectivity index (χ1v) is 8.16. The number of aromatic nitrogens is 1. The molecule has 116 valence electrons. The van der Waals surface area contributed by atoms with Crippen LogP contribution in [-0.4, -0.2) is 23.6 Å². The lowest BCUT2D eigenvalue weighted by Crippen LogP contribution is -2.12. The number of para-hydroxylation sites is 1.